The minimum absolute atomic E-state index is 0.629. The van der Waals surface area contributed by atoms with Crippen LogP contribution in [0.15, 0.2) is 12.2 Å². The van der Waals surface area contributed by atoms with E-state index >= 15 is 0 Å². The van der Waals surface area contributed by atoms with Gasteiger partial charge in [0.25, 0.3) is 0 Å². The van der Waals surface area contributed by atoms with Gasteiger partial charge in [0.1, 0.15) is 0 Å². The number of thioether (sulfide) groups is 1. The molecule has 2 aliphatic rings. The minimum Gasteiger partial charge on any atom is -0.315 e. The molecule has 0 aliphatic heterocycles. The summed E-state index contributed by atoms with van der Waals surface area (Å²) in [6.07, 6.45) is 13.7. The fourth-order valence-electron chi connectivity index (χ4n) is 2.14. The van der Waals surface area contributed by atoms with Gasteiger partial charge in [0, 0.05) is 11.3 Å². The van der Waals surface area contributed by atoms with Gasteiger partial charge >= 0.3 is 0 Å². The summed E-state index contributed by atoms with van der Waals surface area (Å²) in [6.45, 7) is 2.46. The Morgan fingerprint density at radius 3 is 2.86 bits per heavy atom. The standard InChI is InChI=1S/C12H21NS/c1-14-12(7-8-12)10-13-9-11-5-3-2-4-6-11/h2-3,11,13H,4-10H2,1H3. The van der Waals surface area contributed by atoms with E-state index in [1.807, 2.05) is 11.8 Å². The Kier molecular flexibility index (Phi) is 3.56. The van der Waals surface area contributed by atoms with E-state index in [2.05, 4.69) is 23.7 Å². The molecule has 1 fully saturated rings. The van der Waals surface area contributed by atoms with Crippen molar-refractivity contribution in [2.45, 2.75) is 36.9 Å². The van der Waals surface area contributed by atoms with Gasteiger partial charge in [-0.05, 0) is 50.8 Å². The molecule has 2 heteroatoms. The Morgan fingerprint density at radius 2 is 2.29 bits per heavy atom. The number of rotatable bonds is 5. The predicted octanol–water partition coefficient (Wildman–Crippen LogP) is 2.83. The lowest BCUT2D eigenvalue weighted by atomic mass is 9.94. The van der Waals surface area contributed by atoms with Crippen LogP contribution in [0, 0.1) is 5.92 Å². The normalized spacial score (nSPS) is 29.1. The van der Waals surface area contributed by atoms with Crippen LogP contribution in [0.5, 0.6) is 0 Å². The van der Waals surface area contributed by atoms with E-state index in [1.54, 1.807) is 0 Å². The van der Waals surface area contributed by atoms with Crippen molar-refractivity contribution in [1.29, 1.82) is 0 Å². The second-order valence-electron chi connectivity index (χ2n) is 4.67. The van der Waals surface area contributed by atoms with Crippen molar-refractivity contribution in [3.63, 3.8) is 0 Å². The molecule has 1 saturated carbocycles. The molecule has 14 heavy (non-hydrogen) atoms. The molecule has 0 amide bonds. The van der Waals surface area contributed by atoms with E-state index in [-0.39, 0.29) is 0 Å². The van der Waals surface area contributed by atoms with Crippen molar-refractivity contribution in [3.05, 3.63) is 12.2 Å². The minimum atomic E-state index is 0.629. The van der Waals surface area contributed by atoms with Gasteiger partial charge in [0.05, 0.1) is 0 Å². The van der Waals surface area contributed by atoms with E-state index in [0.29, 0.717) is 4.75 Å². The van der Waals surface area contributed by atoms with Crippen LogP contribution >= 0.6 is 11.8 Å². The molecule has 0 spiro atoms. The summed E-state index contributed by atoms with van der Waals surface area (Å²) in [5.74, 6) is 0.901. The first-order valence-corrected chi connectivity index (χ1v) is 6.98. The van der Waals surface area contributed by atoms with Crippen molar-refractivity contribution < 1.29 is 0 Å². The highest BCUT2D eigenvalue weighted by molar-refractivity contribution is 8.00. The molecule has 0 radical (unpaired) electrons. The summed E-state index contributed by atoms with van der Waals surface area (Å²) < 4.78 is 0.629. The largest absolute Gasteiger partial charge is 0.315 e. The van der Waals surface area contributed by atoms with Crippen LogP contribution < -0.4 is 5.32 Å². The molecule has 2 rings (SSSR count). The molecule has 2 aliphatic carbocycles. The van der Waals surface area contributed by atoms with Crippen molar-refractivity contribution >= 4 is 11.8 Å². The van der Waals surface area contributed by atoms with Gasteiger partial charge in [-0.2, -0.15) is 11.8 Å². The number of allylic oxidation sites excluding steroid dienone is 2. The maximum Gasteiger partial charge on any atom is 0.0282 e. The van der Waals surface area contributed by atoms with Crippen LogP contribution in [0.1, 0.15) is 32.1 Å². The molecule has 0 aromatic heterocycles. The fraction of sp³-hybridized carbons (Fsp3) is 0.833. The Bertz CT molecular complexity index is 208. The Balaban J connectivity index is 1.60. The van der Waals surface area contributed by atoms with E-state index < -0.39 is 0 Å². The first kappa shape index (κ1) is 10.6. The summed E-state index contributed by atoms with van der Waals surface area (Å²) in [4.78, 5) is 0. The Morgan fingerprint density at radius 1 is 1.43 bits per heavy atom. The average Bonchev–Trinajstić information content (AvgIpc) is 3.00. The molecule has 80 valence electrons. The van der Waals surface area contributed by atoms with Gasteiger partial charge in [-0.15, -0.1) is 0 Å². The molecule has 1 unspecified atom stereocenters. The number of hydrogen-bond donors (Lipinski definition) is 1. The van der Waals surface area contributed by atoms with Gasteiger partial charge < -0.3 is 5.32 Å². The molecule has 0 bridgehead atoms. The molecule has 0 saturated heterocycles. The first-order valence-electron chi connectivity index (χ1n) is 5.75. The van der Waals surface area contributed by atoms with Gasteiger partial charge in [0.15, 0.2) is 0 Å². The molecule has 0 aromatic carbocycles. The second kappa shape index (κ2) is 4.71. The lowest BCUT2D eigenvalue weighted by molar-refractivity contribution is 0.440. The molecule has 1 atom stereocenters. The van der Waals surface area contributed by atoms with Crippen LogP contribution in [0.3, 0.4) is 0 Å². The van der Waals surface area contributed by atoms with Crippen molar-refractivity contribution in [3.8, 4) is 0 Å². The van der Waals surface area contributed by atoms with E-state index in [4.69, 9.17) is 0 Å². The van der Waals surface area contributed by atoms with Crippen LogP contribution in [0.25, 0.3) is 0 Å². The topological polar surface area (TPSA) is 12.0 Å². The SMILES string of the molecule is CSC1(CNCC2CC=CCC2)CC1. The smallest absolute Gasteiger partial charge is 0.0282 e. The summed E-state index contributed by atoms with van der Waals surface area (Å²) in [5.41, 5.74) is 0. The Labute approximate surface area is 91.7 Å². The predicted molar refractivity (Wildman–Crippen MR) is 64.8 cm³/mol. The number of hydrogen-bond acceptors (Lipinski definition) is 2. The molecular weight excluding hydrogens is 190 g/mol. The highest BCUT2D eigenvalue weighted by Crippen LogP contribution is 2.46. The lowest BCUT2D eigenvalue weighted by Gasteiger charge is -2.20. The van der Waals surface area contributed by atoms with Crippen LogP contribution in [0.2, 0.25) is 0 Å². The van der Waals surface area contributed by atoms with E-state index in [9.17, 15) is 0 Å². The number of nitrogens with one attached hydrogen (secondary N) is 1. The second-order valence-corrected chi connectivity index (χ2v) is 5.94. The third-order valence-corrected chi connectivity index (χ3v) is 4.92. The zero-order chi connectivity index (χ0) is 9.86. The monoisotopic (exact) mass is 211 g/mol. The van der Waals surface area contributed by atoms with E-state index in [1.165, 1.54) is 45.2 Å². The molecular formula is C12H21NS. The van der Waals surface area contributed by atoms with Crippen LogP contribution in [-0.4, -0.2) is 24.1 Å². The third kappa shape index (κ3) is 2.77. The molecule has 0 heterocycles. The van der Waals surface area contributed by atoms with Gasteiger partial charge in [-0.25, -0.2) is 0 Å². The maximum absolute atomic E-state index is 3.65. The third-order valence-electron chi connectivity index (χ3n) is 3.50. The maximum atomic E-state index is 3.65. The summed E-state index contributed by atoms with van der Waals surface area (Å²) in [6, 6.07) is 0. The van der Waals surface area contributed by atoms with Gasteiger partial charge in [-0.3, -0.25) is 0 Å². The van der Waals surface area contributed by atoms with Crippen molar-refractivity contribution in [2.24, 2.45) is 5.92 Å². The molecule has 0 aromatic rings. The van der Waals surface area contributed by atoms with Crippen LogP contribution in [0.4, 0.5) is 0 Å². The highest BCUT2D eigenvalue weighted by Gasteiger charge is 2.41. The fourth-order valence-corrected chi connectivity index (χ4v) is 2.89. The zero-order valence-corrected chi connectivity index (χ0v) is 9.91. The lowest BCUT2D eigenvalue weighted by Crippen LogP contribution is -2.30. The van der Waals surface area contributed by atoms with Crippen molar-refractivity contribution in [1.82, 2.24) is 5.32 Å². The Hall–Kier alpha value is 0.0500. The zero-order valence-electron chi connectivity index (χ0n) is 9.09. The van der Waals surface area contributed by atoms with E-state index in [0.717, 1.165) is 5.92 Å². The molecule has 1 nitrogen and oxygen atoms in total. The van der Waals surface area contributed by atoms with Gasteiger partial charge in [-0.1, -0.05) is 12.2 Å². The first-order chi connectivity index (χ1) is 6.85. The molecule has 1 N–H and O–H groups in total. The summed E-state index contributed by atoms with van der Waals surface area (Å²) in [5, 5.41) is 3.65. The quantitative estimate of drug-likeness (QED) is 0.702. The average molecular weight is 211 g/mol. The van der Waals surface area contributed by atoms with Crippen LogP contribution in [-0.2, 0) is 0 Å². The van der Waals surface area contributed by atoms with Crippen molar-refractivity contribution in [2.75, 3.05) is 19.3 Å². The summed E-state index contributed by atoms with van der Waals surface area (Å²) in [7, 11) is 0. The van der Waals surface area contributed by atoms with Gasteiger partial charge in [0.2, 0.25) is 0 Å². The summed E-state index contributed by atoms with van der Waals surface area (Å²) >= 11 is 2.05. The highest BCUT2D eigenvalue weighted by atomic mass is 32.2.